The molecule has 0 aliphatic rings. The molecule has 1 rings (SSSR count). The number of carbonyl (C=O) groups excluding carboxylic acids is 1. The standard InChI is InChI=1S/C13H16F2O3/c1-2-18-11-5-3-10(4-6-11)12(16)7-8-17-9-13(14)15/h3-6,13H,2,7-9H2,1H3. The molecule has 0 N–H and O–H groups in total. The highest BCUT2D eigenvalue weighted by Crippen LogP contribution is 2.13. The predicted octanol–water partition coefficient (Wildman–Crippen LogP) is 2.94. The number of rotatable bonds is 8. The Hall–Kier alpha value is -1.49. The van der Waals surface area contributed by atoms with E-state index in [9.17, 15) is 13.6 Å². The summed E-state index contributed by atoms with van der Waals surface area (Å²) in [4.78, 5) is 11.7. The predicted molar refractivity (Wildman–Crippen MR) is 63.4 cm³/mol. The van der Waals surface area contributed by atoms with E-state index < -0.39 is 13.0 Å². The molecule has 0 aliphatic carbocycles. The average molecular weight is 258 g/mol. The van der Waals surface area contributed by atoms with Crippen LogP contribution in [0.1, 0.15) is 23.7 Å². The summed E-state index contributed by atoms with van der Waals surface area (Å²) in [5.74, 6) is 0.565. The lowest BCUT2D eigenvalue weighted by Gasteiger charge is -2.05. The van der Waals surface area contributed by atoms with Crippen molar-refractivity contribution in [1.29, 1.82) is 0 Å². The molecule has 0 aromatic heterocycles. The lowest BCUT2D eigenvalue weighted by molar-refractivity contribution is 0.0170. The minimum absolute atomic E-state index is 0.0103. The third-order valence-corrected chi connectivity index (χ3v) is 2.20. The van der Waals surface area contributed by atoms with Gasteiger partial charge in [-0.25, -0.2) is 8.78 Å². The fourth-order valence-electron chi connectivity index (χ4n) is 1.39. The first-order valence-electron chi connectivity index (χ1n) is 5.75. The Morgan fingerprint density at radius 1 is 1.28 bits per heavy atom. The topological polar surface area (TPSA) is 35.5 Å². The van der Waals surface area contributed by atoms with Gasteiger partial charge < -0.3 is 9.47 Å². The van der Waals surface area contributed by atoms with Crippen molar-refractivity contribution in [3.63, 3.8) is 0 Å². The first-order valence-corrected chi connectivity index (χ1v) is 5.75. The minimum atomic E-state index is -2.49. The van der Waals surface area contributed by atoms with Crippen molar-refractivity contribution in [3.8, 4) is 5.75 Å². The molecule has 3 nitrogen and oxygen atoms in total. The second kappa shape index (κ2) is 7.76. The molecule has 0 bridgehead atoms. The summed E-state index contributed by atoms with van der Waals surface area (Å²) in [5.41, 5.74) is 0.527. The molecule has 1 aromatic carbocycles. The normalized spacial score (nSPS) is 10.7. The van der Waals surface area contributed by atoms with Gasteiger partial charge in [0.05, 0.1) is 13.2 Å². The van der Waals surface area contributed by atoms with Crippen molar-refractivity contribution in [3.05, 3.63) is 29.8 Å². The Balaban J connectivity index is 2.37. The van der Waals surface area contributed by atoms with Gasteiger partial charge in [0.25, 0.3) is 6.43 Å². The van der Waals surface area contributed by atoms with Crippen LogP contribution in [-0.2, 0) is 4.74 Å². The van der Waals surface area contributed by atoms with Crippen molar-refractivity contribution < 1.29 is 23.0 Å². The molecule has 0 aliphatic heterocycles. The average Bonchev–Trinajstić information content (AvgIpc) is 2.35. The van der Waals surface area contributed by atoms with Gasteiger partial charge in [-0.1, -0.05) is 0 Å². The van der Waals surface area contributed by atoms with Gasteiger partial charge in [-0.05, 0) is 31.2 Å². The fourth-order valence-corrected chi connectivity index (χ4v) is 1.39. The molecule has 0 fully saturated rings. The number of alkyl halides is 2. The zero-order valence-corrected chi connectivity index (χ0v) is 10.2. The number of hydrogen-bond donors (Lipinski definition) is 0. The van der Waals surface area contributed by atoms with E-state index in [0.29, 0.717) is 17.9 Å². The Labute approximate surface area is 105 Å². The molecule has 0 unspecified atom stereocenters. The second-order valence-corrected chi connectivity index (χ2v) is 3.60. The van der Waals surface area contributed by atoms with Gasteiger partial charge in [-0.3, -0.25) is 4.79 Å². The first kappa shape index (κ1) is 14.6. The third-order valence-electron chi connectivity index (χ3n) is 2.20. The van der Waals surface area contributed by atoms with Crippen LogP contribution in [-0.4, -0.2) is 32.0 Å². The van der Waals surface area contributed by atoms with Crippen molar-refractivity contribution >= 4 is 5.78 Å². The van der Waals surface area contributed by atoms with Crippen LogP contribution < -0.4 is 4.74 Å². The smallest absolute Gasteiger partial charge is 0.261 e. The first-order chi connectivity index (χ1) is 8.63. The van der Waals surface area contributed by atoms with E-state index in [1.807, 2.05) is 6.92 Å². The van der Waals surface area contributed by atoms with Crippen molar-refractivity contribution in [2.45, 2.75) is 19.8 Å². The van der Waals surface area contributed by atoms with Gasteiger partial charge in [-0.15, -0.1) is 0 Å². The molecule has 0 atom stereocenters. The summed E-state index contributed by atoms with van der Waals surface area (Å²) >= 11 is 0. The number of ether oxygens (including phenoxy) is 2. The van der Waals surface area contributed by atoms with E-state index in [-0.39, 0.29) is 18.8 Å². The summed E-state index contributed by atoms with van der Waals surface area (Å²) in [6.07, 6.45) is -2.40. The summed E-state index contributed by atoms with van der Waals surface area (Å²) in [6.45, 7) is 1.82. The number of hydrogen-bond acceptors (Lipinski definition) is 3. The molecule has 5 heteroatoms. The molecule has 0 saturated heterocycles. The Morgan fingerprint density at radius 3 is 2.50 bits per heavy atom. The molecule has 0 amide bonds. The summed E-state index contributed by atoms with van der Waals surface area (Å²) in [7, 11) is 0. The fraction of sp³-hybridized carbons (Fsp3) is 0.462. The quantitative estimate of drug-likeness (QED) is 0.531. The van der Waals surface area contributed by atoms with E-state index in [0.717, 1.165) is 0 Å². The molecular weight excluding hydrogens is 242 g/mol. The van der Waals surface area contributed by atoms with Crippen LogP contribution in [0.5, 0.6) is 5.75 Å². The van der Waals surface area contributed by atoms with Crippen molar-refractivity contribution in [1.82, 2.24) is 0 Å². The van der Waals surface area contributed by atoms with Gasteiger partial charge >= 0.3 is 0 Å². The molecule has 18 heavy (non-hydrogen) atoms. The lowest BCUT2D eigenvalue weighted by Crippen LogP contribution is -2.09. The van der Waals surface area contributed by atoms with E-state index in [1.54, 1.807) is 24.3 Å². The molecule has 0 radical (unpaired) electrons. The van der Waals surface area contributed by atoms with Crippen LogP contribution in [0.3, 0.4) is 0 Å². The van der Waals surface area contributed by atoms with Gasteiger partial charge in [-0.2, -0.15) is 0 Å². The maximum Gasteiger partial charge on any atom is 0.261 e. The summed E-state index contributed by atoms with van der Waals surface area (Å²) < 4.78 is 33.5. The largest absolute Gasteiger partial charge is 0.494 e. The highest BCUT2D eigenvalue weighted by Gasteiger charge is 2.07. The lowest BCUT2D eigenvalue weighted by atomic mass is 10.1. The van der Waals surface area contributed by atoms with Crippen LogP contribution in [0.4, 0.5) is 8.78 Å². The number of halogens is 2. The summed E-state index contributed by atoms with van der Waals surface area (Å²) in [6, 6.07) is 6.72. The van der Waals surface area contributed by atoms with Crippen LogP contribution in [0, 0.1) is 0 Å². The number of Topliss-reactive ketones (excluding diaryl/α,β-unsaturated/α-hetero) is 1. The maximum absolute atomic E-state index is 11.8. The van der Waals surface area contributed by atoms with Gasteiger partial charge in [0.1, 0.15) is 12.4 Å². The molecule has 100 valence electrons. The number of ketones is 1. The Kier molecular flexibility index (Phi) is 6.28. The zero-order valence-electron chi connectivity index (χ0n) is 10.2. The van der Waals surface area contributed by atoms with E-state index in [4.69, 9.17) is 4.74 Å². The monoisotopic (exact) mass is 258 g/mol. The molecule has 0 saturated carbocycles. The highest BCUT2D eigenvalue weighted by atomic mass is 19.3. The minimum Gasteiger partial charge on any atom is -0.494 e. The van der Waals surface area contributed by atoms with Gasteiger partial charge in [0.15, 0.2) is 5.78 Å². The van der Waals surface area contributed by atoms with E-state index in [2.05, 4.69) is 4.74 Å². The molecular formula is C13H16F2O3. The second-order valence-electron chi connectivity index (χ2n) is 3.60. The van der Waals surface area contributed by atoms with Crippen LogP contribution in [0.25, 0.3) is 0 Å². The highest BCUT2D eigenvalue weighted by molar-refractivity contribution is 5.96. The van der Waals surface area contributed by atoms with Gasteiger partial charge in [0.2, 0.25) is 0 Å². The molecule has 0 spiro atoms. The van der Waals surface area contributed by atoms with Crippen molar-refractivity contribution in [2.75, 3.05) is 19.8 Å². The number of benzene rings is 1. The van der Waals surface area contributed by atoms with E-state index in [1.165, 1.54) is 0 Å². The third kappa shape index (κ3) is 5.23. The Bertz CT molecular complexity index is 363. The zero-order chi connectivity index (χ0) is 13.4. The summed E-state index contributed by atoms with van der Waals surface area (Å²) in [5, 5.41) is 0. The van der Waals surface area contributed by atoms with Gasteiger partial charge in [0, 0.05) is 12.0 Å². The molecule has 0 heterocycles. The SMILES string of the molecule is CCOc1ccc(C(=O)CCOCC(F)F)cc1. The number of carbonyl (C=O) groups is 1. The van der Waals surface area contributed by atoms with Crippen molar-refractivity contribution in [2.24, 2.45) is 0 Å². The van der Waals surface area contributed by atoms with Crippen LogP contribution in [0.2, 0.25) is 0 Å². The Morgan fingerprint density at radius 2 is 1.94 bits per heavy atom. The maximum atomic E-state index is 11.8. The molecule has 1 aromatic rings. The van der Waals surface area contributed by atoms with E-state index >= 15 is 0 Å². The van der Waals surface area contributed by atoms with Crippen LogP contribution in [0.15, 0.2) is 24.3 Å². The van der Waals surface area contributed by atoms with Crippen LogP contribution >= 0.6 is 0 Å².